The quantitative estimate of drug-likeness (QED) is 0.942. The Morgan fingerprint density at radius 3 is 2.84 bits per heavy atom. The van der Waals surface area contributed by atoms with E-state index < -0.39 is 0 Å². The van der Waals surface area contributed by atoms with Crippen LogP contribution in [0.4, 0.5) is 0 Å². The molecule has 6 heteroatoms. The molecule has 1 aromatic heterocycles. The van der Waals surface area contributed by atoms with Gasteiger partial charge in [0.2, 0.25) is 0 Å². The second-order valence-corrected chi connectivity index (χ2v) is 5.70. The molecule has 2 aromatic rings. The number of likely N-dealkylation sites (N-methyl/N-ethyl adjacent to an activating group) is 1. The SMILES string of the molecule is CNC1CCN(Cc2nc3ccccc3s2)C1.Cl.Cl. The molecule has 0 aliphatic carbocycles. The second kappa shape index (κ2) is 7.41. The lowest BCUT2D eigenvalue weighted by atomic mass is 10.3. The Balaban J connectivity index is 0.000000902. The van der Waals surface area contributed by atoms with Crippen LogP contribution in [0.1, 0.15) is 11.4 Å². The van der Waals surface area contributed by atoms with Crippen LogP contribution in [0.5, 0.6) is 0 Å². The summed E-state index contributed by atoms with van der Waals surface area (Å²) in [7, 11) is 2.05. The zero-order valence-corrected chi connectivity index (χ0v) is 13.3. The molecular weight excluding hydrogens is 301 g/mol. The van der Waals surface area contributed by atoms with Crippen LogP contribution in [0, 0.1) is 0 Å². The number of likely N-dealkylation sites (tertiary alicyclic amines) is 1. The van der Waals surface area contributed by atoms with E-state index in [2.05, 4.69) is 39.5 Å². The van der Waals surface area contributed by atoms with Crippen LogP contribution in [0.3, 0.4) is 0 Å². The van der Waals surface area contributed by atoms with Crippen molar-refractivity contribution < 1.29 is 0 Å². The Hall–Kier alpha value is -0.390. The average Bonchev–Trinajstić information content (AvgIpc) is 2.94. The maximum atomic E-state index is 4.68. The molecule has 1 N–H and O–H groups in total. The standard InChI is InChI=1S/C13H17N3S.2ClH/c1-14-10-6-7-16(8-10)9-13-15-11-4-2-3-5-12(11)17-13;;/h2-5,10,14H,6-9H2,1H3;2*1H. The van der Waals surface area contributed by atoms with Gasteiger partial charge in [-0.2, -0.15) is 0 Å². The molecule has 0 radical (unpaired) electrons. The fourth-order valence-corrected chi connectivity index (χ4v) is 3.40. The molecule has 19 heavy (non-hydrogen) atoms. The lowest BCUT2D eigenvalue weighted by molar-refractivity contribution is 0.322. The van der Waals surface area contributed by atoms with E-state index in [0.29, 0.717) is 6.04 Å². The molecule has 0 saturated carbocycles. The summed E-state index contributed by atoms with van der Waals surface area (Å²) in [6.45, 7) is 3.32. The lowest BCUT2D eigenvalue weighted by Crippen LogP contribution is -2.29. The van der Waals surface area contributed by atoms with Gasteiger partial charge in [-0.15, -0.1) is 36.2 Å². The van der Waals surface area contributed by atoms with Gasteiger partial charge in [-0.3, -0.25) is 4.90 Å². The smallest absolute Gasteiger partial charge is 0.108 e. The first kappa shape index (κ1) is 16.7. The van der Waals surface area contributed by atoms with Crippen molar-refractivity contribution in [1.82, 2.24) is 15.2 Å². The number of nitrogens with one attached hydrogen (secondary N) is 1. The molecule has 1 unspecified atom stereocenters. The highest BCUT2D eigenvalue weighted by Gasteiger charge is 2.21. The Kier molecular flexibility index (Phi) is 6.50. The number of benzene rings is 1. The minimum absolute atomic E-state index is 0. The number of hydrogen-bond acceptors (Lipinski definition) is 4. The predicted molar refractivity (Wildman–Crippen MR) is 86.9 cm³/mol. The highest BCUT2D eigenvalue weighted by atomic mass is 35.5. The number of halogens is 2. The topological polar surface area (TPSA) is 28.2 Å². The van der Waals surface area contributed by atoms with Crippen LogP contribution in [-0.4, -0.2) is 36.1 Å². The molecule has 1 fully saturated rings. The molecule has 0 spiro atoms. The van der Waals surface area contributed by atoms with Crippen LogP contribution >= 0.6 is 36.2 Å². The van der Waals surface area contributed by atoms with Crippen LogP contribution in [0.15, 0.2) is 24.3 Å². The van der Waals surface area contributed by atoms with Crippen molar-refractivity contribution in [3.8, 4) is 0 Å². The van der Waals surface area contributed by atoms with Crippen molar-refractivity contribution in [3.63, 3.8) is 0 Å². The van der Waals surface area contributed by atoms with E-state index >= 15 is 0 Å². The van der Waals surface area contributed by atoms with E-state index in [1.165, 1.54) is 22.7 Å². The monoisotopic (exact) mass is 319 g/mol. The maximum Gasteiger partial charge on any atom is 0.108 e. The van der Waals surface area contributed by atoms with Gasteiger partial charge in [0.05, 0.1) is 16.8 Å². The highest BCUT2D eigenvalue weighted by Crippen LogP contribution is 2.23. The van der Waals surface area contributed by atoms with Crippen molar-refractivity contribution in [2.24, 2.45) is 0 Å². The first-order valence-electron chi connectivity index (χ1n) is 6.09. The van der Waals surface area contributed by atoms with Gasteiger partial charge in [0, 0.05) is 19.1 Å². The van der Waals surface area contributed by atoms with Gasteiger partial charge in [0.25, 0.3) is 0 Å². The van der Waals surface area contributed by atoms with Crippen molar-refractivity contribution in [1.29, 1.82) is 0 Å². The summed E-state index contributed by atoms with van der Waals surface area (Å²) < 4.78 is 1.30. The number of hydrogen-bond donors (Lipinski definition) is 1. The summed E-state index contributed by atoms with van der Waals surface area (Å²) in [6, 6.07) is 9.03. The van der Waals surface area contributed by atoms with E-state index in [4.69, 9.17) is 0 Å². The van der Waals surface area contributed by atoms with Gasteiger partial charge in [-0.25, -0.2) is 4.98 Å². The third-order valence-electron chi connectivity index (χ3n) is 3.38. The van der Waals surface area contributed by atoms with Crippen molar-refractivity contribution in [3.05, 3.63) is 29.3 Å². The summed E-state index contributed by atoms with van der Waals surface area (Å²) in [5.74, 6) is 0. The molecule has 106 valence electrons. The Bertz CT molecular complexity index is 484. The fourth-order valence-electron chi connectivity index (χ4n) is 2.39. The molecule has 1 aromatic carbocycles. The van der Waals surface area contributed by atoms with Gasteiger partial charge >= 0.3 is 0 Å². The molecule has 1 aliphatic heterocycles. The van der Waals surface area contributed by atoms with E-state index in [9.17, 15) is 0 Å². The first-order valence-corrected chi connectivity index (χ1v) is 6.91. The van der Waals surface area contributed by atoms with Crippen LogP contribution < -0.4 is 5.32 Å². The lowest BCUT2D eigenvalue weighted by Gasteiger charge is -2.13. The van der Waals surface area contributed by atoms with Crippen LogP contribution in [-0.2, 0) is 6.54 Å². The molecule has 3 rings (SSSR count). The van der Waals surface area contributed by atoms with Crippen molar-refractivity contribution in [2.75, 3.05) is 20.1 Å². The highest BCUT2D eigenvalue weighted by molar-refractivity contribution is 7.18. The summed E-state index contributed by atoms with van der Waals surface area (Å²) in [5, 5.41) is 4.59. The number of para-hydroxylation sites is 1. The van der Waals surface area contributed by atoms with E-state index in [1.807, 2.05) is 18.4 Å². The predicted octanol–water partition coefficient (Wildman–Crippen LogP) is 2.93. The molecule has 1 saturated heterocycles. The summed E-state index contributed by atoms with van der Waals surface area (Å²) in [4.78, 5) is 7.17. The minimum atomic E-state index is 0. The maximum absolute atomic E-state index is 4.68. The molecule has 3 nitrogen and oxygen atoms in total. The molecule has 2 heterocycles. The number of rotatable bonds is 3. The van der Waals surface area contributed by atoms with Crippen LogP contribution in [0.2, 0.25) is 0 Å². The number of thiazole rings is 1. The minimum Gasteiger partial charge on any atom is -0.316 e. The summed E-state index contributed by atoms with van der Waals surface area (Å²) >= 11 is 1.82. The normalized spacial score (nSPS) is 19.1. The molecule has 0 bridgehead atoms. The molecule has 1 aliphatic rings. The van der Waals surface area contributed by atoms with Gasteiger partial charge < -0.3 is 5.32 Å². The molecular formula is C13H19Cl2N3S. The van der Waals surface area contributed by atoms with Crippen LogP contribution in [0.25, 0.3) is 10.2 Å². The zero-order chi connectivity index (χ0) is 11.7. The summed E-state index contributed by atoms with van der Waals surface area (Å²) in [5.41, 5.74) is 1.14. The first-order chi connectivity index (χ1) is 8.35. The van der Waals surface area contributed by atoms with E-state index in [-0.39, 0.29) is 24.8 Å². The second-order valence-electron chi connectivity index (χ2n) is 4.58. The van der Waals surface area contributed by atoms with Crippen molar-refractivity contribution >= 4 is 46.4 Å². The fraction of sp³-hybridized carbons (Fsp3) is 0.462. The number of fused-ring (bicyclic) bond motifs is 1. The van der Waals surface area contributed by atoms with Crippen molar-refractivity contribution in [2.45, 2.75) is 19.0 Å². The third-order valence-corrected chi connectivity index (χ3v) is 4.40. The zero-order valence-electron chi connectivity index (χ0n) is 10.8. The van der Waals surface area contributed by atoms with E-state index in [0.717, 1.165) is 18.6 Å². The Labute approximate surface area is 130 Å². The van der Waals surface area contributed by atoms with E-state index in [1.54, 1.807) is 0 Å². The molecule has 1 atom stereocenters. The average molecular weight is 320 g/mol. The number of nitrogens with zero attached hydrogens (tertiary/aromatic N) is 2. The third kappa shape index (κ3) is 3.80. The molecule has 0 amide bonds. The van der Waals surface area contributed by atoms with Gasteiger partial charge in [-0.1, -0.05) is 12.1 Å². The largest absolute Gasteiger partial charge is 0.316 e. The Morgan fingerprint density at radius 1 is 1.37 bits per heavy atom. The van der Waals surface area contributed by atoms with Gasteiger partial charge in [0.1, 0.15) is 5.01 Å². The van der Waals surface area contributed by atoms with Gasteiger partial charge in [-0.05, 0) is 25.6 Å². The number of aromatic nitrogens is 1. The Morgan fingerprint density at radius 2 is 2.16 bits per heavy atom. The van der Waals surface area contributed by atoms with Gasteiger partial charge in [0.15, 0.2) is 0 Å². The summed E-state index contributed by atoms with van der Waals surface area (Å²) in [6.07, 6.45) is 1.25.